The van der Waals surface area contributed by atoms with Gasteiger partial charge in [0.2, 0.25) is 0 Å². The van der Waals surface area contributed by atoms with E-state index in [-0.39, 0.29) is 4.75 Å². The molecule has 0 unspecified atom stereocenters. The topological polar surface area (TPSA) is 29.4 Å². The zero-order valence-electron chi connectivity index (χ0n) is 7.92. The third kappa shape index (κ3) is 5.13. The van der Waals surface area contributed by atoms with Gasteiger partial charge < -0.3 is 0 Å². The Labute approximate surface area is 71.7 Å². The molecule has 0 aliphatic heterocycles. The SMILES string of the molecule is CC(C)/C=N\[S@@](=O)C(C)(C)C. The minimum Gasteiger partial charge on any atom is -0.234 e. The van der Waals surface area contributed by atoms with Crippen molar-refractivity contribution in [3.8, 4) is 0 Å². The molecule has 0 N–H and O–H groups in total. The maximum atomic E-state index is 11.3. The van der Waals surface area contributed by atoms with Gasteiger partial charge >= 0.3 is 0 Å². The molecular formula is C8H17NOS. The molecule has 0 aliphatic rings. The van der Waals surface area contributed by atoms with Crippen LogP contribution in [0.4, 0.5) is 0 Å². The Morgan fingerprint density at radius 1 is 1.36 bits per heavy atom. The molecule has 0 radical (unpaired) electrons. The van der Waals surface area contributed by atoms with E-state index in [0.717, 1.165) is 0 Å². The van der Waals surface area contributed by atoms with Gasteiger partial charge in [-0.2, -0.15) is 4.40 Å². The van der Waals surface area contributed by atoms with Crippen LogP contribution < -0.4 is 0 Å². The summed E-state index contributed by atoms with van der Waals surface area (Å²) in [5.74, 6) is 0.376. The maximum Gasteiger partial charge on any atom is 0.144 e. The zero-order chi connectivity index (χ0) is 9.07. The Morgan fingerprint density at radius 2 is 1.82 bits per heavy atom. The fourth-order valence-corrected chi connectivity index (χ4v) is 1.01. The second-order valence-electron chi connectivity index (χ2n) is 3.86. The van der Waals surface area contributed by atoms with Crippen LogP contribution in [-0.4, -0.2) is 15.2 Å². The van der Waals surface area contributed by atoms with E-state index in [4.69, 9.17) is 0 Å². The molecule has 0 spiro atoms. The van der Waals surface area contributed by atoms with E-state index < -0.39 is 11.0 Å². The van der Waals surface area contributed by atoms with E-state index in [9.17, 15) is 4.21 Å². The highest BCUT2D eigenvalue weighted by molar-refractivity contribution is 7.85. The van der Waals surface area contributed by atoms with Gasteiger partial charge in [-0.1, -0.05) is 13.8 Å². The fraction of sp³-hybridized carbons (Fsp3) is 0.875. The highest BCUT2D eigenvalue weighted by Crippen LogP contribution is 2.11. The van der Waals surface area contributed by atoms with E-state index >= 15 is 0 Å². The molecule has 0 aromatic heterocycles. The largest absolute Gasteiger partial charge is 0.234 e. The first-order valence-corrected chi connectivity index (χ1v) is 4.91. The summed E-state index contributed by atoms with van der Waals surface area (Å²) in [5.41, 5.74) is 0. The molecular weight excluding hydrogens is 158 g/mol. The quantitative estimate of drug-likeness (QED) is 0.591. The van der Waals surface area contributed by atoms with Crippen molar-refractivity contribution < 1.29 is 4.21 Å². The predicted molar refractivity (Wildman–Crippen MR) is 51.2 cm³/mol. The van der Waals surface area contributed by atoms with E-state index in [1.807, 2.05) is 34.6 Å². The Hall–Kier alpha value is -0.180. The maximum absolute atomic E-state index is 11.3. The summed E-state index contributed by atoms with van der Waals surface area (Å²) in [7, 11) is -1.09. The first kappa shape index (κ1) is 10.8. The van der Waals surface area contributed by atoms with Crippen molar-refractivity contribution in [2.45, 2.75) is 39.4 Å². The molecule has 11 heavy (non-hydrogen) atoms. The Kier molecular flexibility index (Phi) is 3.93. The van der Waals surface area contributed by atoms with Crippen molar-refractivity contribution in [2.24, 2.45) is 10.3 Å². The lowest BCUT2D eigenvalue weighted by molar-refractivity contribution is 0.650. The third-order valence-electron chi connectivity index (χ3n) is 0.979. The zero-order valence-corrected chi connectivity index (χ0v) is 8.73. The highest BCUT2D eigenvalue weighted by atomic mass is 32.2. The summed E-state index contributed by atoms with van der Waals surface area (Å²) >= 11 is 0. The van der Waals surface area contributed by atoms with Gasteiger partial charge in [-0.25, -0.2) is 4.21 Å². The van der Waals surface area contributed by atoms with Gasteiger partial charge in [0.15, 0.2) is 0 Å². The minimum atomic E-state index is -1.09. The van der Waals surface area contributed by atoms with E-state index in [1.54, 1.807) is 6.21 Å². The van der Waals surface area contributed by atoms with Gasteiger partial charge in [0.25, 0.3) is 0 Å². The lowest BCUT2D eigenvalue weighted by atomic mass is 10.3. The van der Waals surface area contributed by atoms with Crippen LogP contribution in [-0.2, 0) is 11.0 Å². The van der Waals surface area contributed by atoms with Crippen molar-refractivity contribution >= 4 is 17.2 Å². The Balaban J connectivity index is 4.09. The molecule has 0 bridgehead atoms. The second kappa shape index (κ2) is 4.00. The molecule has 0 rings (SSSR count). The van der Waals surface area contributed by atoms with Gasteiger partial charge in [0, 0.05) is 6.21 Å². The van der Waals surface area contributed by atoms with Gasteiger partial charge in [-0.3, -0.25) is 0 Å². The number of hydrogen-bond donors (Lipinski definition) is 0. The minimum absolute atomic E-state index is 0.231. The van der Waals surface area contributed by atoms with Gasteiger partial charge in [0.05, 0.1) is 4.75 Å². The van der Waals surface area contributed by atoms with Crippen LogP contribution >= 0.6 is 0 Å². The normalized spacial score (nSPS) is 16.2. The molecule has 0 saturated carbocycles. The molecule has 0 saturated heterocycles. The van der Waals surface area contributed by atoms with E-state index in [2.05, 4.69) is 4.40 Å². The molecule has 0 heterocycles. The standard InChI is InChI=1S/C8H17NOS/c1-7(2)6-9-11(10)8(3,4)5/h6-7H,1-5H3/b9-6-/t11-/m0/s1. The van der Waals surface area contributed by atoms with E-state index in [1.165, 1.54) is 0 Å². The highest BCUT2D eigenvalue weighted by Gasteiger charge is 2.17. The number of nitrogens with zero attached hydrogens (tertiary/aromatic N) is 1. The predicted octanol–water partition coefficient (Wildman–Crippen LogP) is 2.18. The first-order valence-electron chi connectivity index (χ1n) is 3.80. The average molecular weight is 175 g/mol. The van der Waals surface area contributed by atoms with Crippen molar-refractivity contribution in [1.82, 2.24) is 0 Å². The molecule has 1 atom stereocenters. The molecule has 0 aromatic carbocycles. The average Bonchev–Trinajstić information content (AvgIpc) is 1.80. The van der Waals surface area contributed by atoms with Crippen LogP contribution in [0.3, 0.4) is 0 Å². The summed E-state index contributed by atoms with van der Waals surface area (Å²) in [6.45, 7) is 9.79. The van der Waals surface area contributed by atoms with Crippen molar-refractivity contribution in [1.29, 1.82) is 0 Å². The summed E-state index contributed by atoms with van der Waals surface area (Å²) in [6.07, 6.45) is 1.74. The lowest BCUT2D eigenvalue weighted by Crippen LogP contribution is -2.19. The van der Waals surface area contributed by atoms with Crippen LogP contribution in [0.15, 0.2) is 4.40 Å². The van der Waals surface area contributed by atoms with Crippen LogP contribution in [0.2, 0.25) is 0 Å². The molecule has 2 nitrogen and oxygen atoms in total. The Bertz CT molecular complexity index is 167. The van der Waals surface area contributed by atoms with Gasteiger partial charge in [0.1, 0.15) is 11.0 Å². The van der Waals surface area contributed by atoms with E-state index in [0.29, 0.717) is 5.92 Å². The van der Waals surface area contributed by atoms with Crippen LogP contribution in [0.5, 0.6) is 0 Å². The van der Waals surface area contributed by atoms with Gasteiger partial charge in [-0.05, 0) is 26.7 Å². The van der Waals surface area contributed by atoms with Crippen LogP contribution in [0.1, 0.15) is 34.6 Å². The summed E-state index contributed by atoms with van der Waals surface area (Å²) in [6, 6.07) is 0. The molecule has 66 valence electrons. The molecule has 0 aliphatic carbocycles. The monoisotopic (exact) mass is 175 g/mol. The third-order valence-corrected chi connectivity index (χ3v) is 2.34. The molecule has 0 aromatic rings. The Morgan fingerprint density at radius 3 is 2.09 bits per heavy atom. The smallest absolute Gasteiger partial charge is 0.144 e. The number of rotatable bonds is 2. The molecule has 0 amide bonds. The summed E-state index contributed by atoms with van der Waals surface area (Å²) in [5, 5.41) is 0. The lowest BCUT2D eigenvalue weighted by Gasteiger charge is -2.12. The second-order valence-corrected chi connectivity index (χ2v) is 5.79. The fourth-order valence-electron chi connectivity index (χ4n) is 0.335. The van der Waals surface area contributed by atoms with Gasteiger partial charge in [-0.15, -0.1) is 0 Å². The van der Waals surface area contributed by atoms with Crippen molar-refractivity contribution in [3.05, 3.63) is 0 Å². The molecule has 3 heteroatoms. The summed E-state index contributed by atoms with van der Waals surface area (Å²) < 4.78 is 15.0. The van der Waals surface area contributed by atoms with Crippen LogP contribution in [0, 0.1) is 5.92 Å². The first-order chi connectivity index (χ1) is 4.84. The molecule has 0 fully saturated rings. The van der Waals surface area contributed by atoms with Crippen molar-refractivity contribution in [3.63, 3.8) is 0 Å². The summed E-state index contributed by atoms with van der Waals surface area (Å²) in [4.78, 5) is 0. The number of hydrogen-bond acceptors (Lipinski definition) is 1. The van der Waals surface area contributed by atoms with Crippen molar-refractivity contribution in [2.75, 3.05) is 0 Å². The van der Waals surface area contributed by atoms with Crippen LogP contribution in [0.25, 0.3) is 0 Å².